The first-order valence-electron chi connectivity index (χ1n) is 3.79. The molecular formula is C9H7N3O. The highest BCUT2D eigenvalue weighted by Gasteiger charge is 2.03. The molecule has 2 aromatic rings. The normalized spacial score (nSPS) is 9.85. The second-order valence-corrected chi connectivity index (χ2v) is 2.50. The summed E-state index contributed by atoms with van der Waals surface area (Å²) in [7, 11) is 0. The molecule has 0 saturated carbocycles. The highest BCUT2D eigenvalue weighted by molar-refractivity contribution is 5.63. The number of nitrogens with zero attached hydrogens (tertiary/aromatic N) is 3. The van der Waals surface area contributed by atoms with Gasteiger partial charge in [-0.3, -0.25) is 4.98 Å². The van der Waals surface area contributed by atoms with Crippen LogP contribution in [0.2, 0.25) is 0 Å². The van der Waals surface area contributed by atoms with Crippen LogP contribution in [0.1, 0.15) is 0 Å². The second-order valence-electron chi connectivity index (χ2n) is 2.50. The first-order valence-corrected chi connectivity index (χ1v) is 3.79. The molecule has 0 unspecified atom stereocenters. The third-order valence-electron chi connectivity index (χ3n) is 1.64. The van der Waals surface area contributed by atoms with Gasteiger partial charge in [0.05, 0.1) is 12.4 Å². The standard InChI is InChI=1S/C9H7N3O/c13-8-2-1-4-10-9(8)7-3-5-11-12-6-7/h1-6,13H. The number of aromatic nitrogens is 3. The SMILES string of the molecule is Oc1cccnc1-c1ccnnc1. The van der Waals surface area contributed by atoms with Gasteiger partial charge in [0.25, 0.3) is 0 Å². The van der Waals surface area contributed by atoms with Gasteiger partial charge >= 0.3 is 0 Å². The topological polar surface area (TPSA) is 58.9 Å². The average Bonchev–Trinajstić information content (AvgIpc) is 2.20. The van der Waals surface area contributed by atoms with E-state index in [1.165, 1.54) is 0 Å². The van der Waals surface area contributed by atoms with Gasteiger partial charge in [-0.2, -0.15) is 10.2 Å². The third kappa shape index (κ3) is 1.46. The van der Waals surface area contributed by atoms with Gasteiger partial charge in [-0.05, 0) is 18.2 Å². The van der Waals surface area contributed by atoms with Gasteiger partial charge in [0, 0.05) is 11.8 Å². The average molecular weight is 173 g/mol. The van der Waals surface area contributed by atoms with E-state index >= 15 is 0 Å². The Hall–Kier alpha value is -1.97. The lowest BCUT2D eigenvalue weighted by Gasteiger charge is -2.00. The smallest absolute Gasteiger partial charge is 0.141 e. The summed E-state index contributed by atoms with van der Waals surface area (Å²) in [4.78, 5) is 4.03. The zero-order valence-electron chi connectivity index (χ0n) is 6.75. The summed E-state index contributed by atoms with van der Waals surface area (Å²) in [6, 6.07) is 5.01. The Kier molecular flexibility index (Phi) is 1.88. The van der Waals surface area contributed by atoms with E-state index in [1.54, 1.807) is 36.8 Å². The minimum absolute atomic E-state index is 0.149. The summed E-state index contributed by atoms with van der Waals surface area (Å²) >= 11 is 0. The maximum absolute atomic E-state index is 9.45. The summed E-state index contributed by atoms with van der Waals surface area (Å²) in [6.45, 7) is 0. The molecule has 2 aromatic heterocycles. The van der Waals surface area contributed by atoms with Crippen molar-refractivity contribution in [2.75, 3.05) is 0 Å². The molecule has 0 bridgehead atoms. The van der Waals surface area contributed by atoms with E-state index in [0.717, 1.165) is 5.56 Å². The molecule has 2 rings (SSSR count). The third-order valence-corrected chi connectivity index (χ3v) is 1.64. The molecule has 0 aliphatic rings. The molecule has 0 radical (unpaired) electrons. The minimum atomic E-state index is 0.149. The Morgan fingerprint density at radius 1 is 1.08 bits per heavy atom. The van der Waals surface area contributed by atoms with Crippen molar-refractivity contribution in [1.29, 1.82) is 0 Å². The summed E-state index contributed by atoms with van der Waals surface area (Å²) in [5, 5.41) is 16.8. The van der Waals surface area contributed by atoms with Crippen LogP contribution in [0.4, 0.5) is 0 Å². The van der Waals surface area contributed by atoms with E-state index in [1.807, 2.05) is 0 Å². The van der Waals surface area contributed by atoms with Gasteiger partial charge in [0.2, 0.25) is 0 Å². The molecule has 1 N–H and O–H groups in total. The fourth-order valence-corrected chi connectivity index (χ4v) is 1.05. The molecule has 13 heavy (non-hydrogen) atoms. The van der Waals surface area contributed by atoms with Gasteiger partial charge in [-0.25, -0.2) is 0 Å². The van der Waals surface area contributed by atoms with Crippen LogP contribution in [0.15, 0.2) is 36.8 Å². The van der Waals surface area contributed by atoms with Crippen LogP contribution in [-0.4, -0.2) is 20.3 Å². The fraction of sp³-hybridized carbons (Fsp3) is 0. The lowest BCUT2D eigenvalue weighted by atomic mass is 10.2. The van der Waals surface area contributed by atoms with Crippen LogP contribution in [0.25, 0.3) is 11.3 Å². The van der Waals surface area contributed by atoms with Crippen LogP contribution < -0.4 is 0 Å². The van der Waals surface area contributed by atoms with Gasteiger partial charge in [-0.15, -0.1) is 0 Å². The molecule has 0 aromatic carbocycles. The van der Waals surface area contributed by atoms with Crippen LogP contribution in [0.5, 0.6) is 5.75 Å². The molecule has 0 aliphatic carbocycles. The van der Waals surface area contributed by atoms with Crippen molar-refractivity contribution in [2.24, 2.45) is 0 Å². The number of pyridine rings is 1. The van der Waals surface area contributed by atoms with Crippen molar-refractivity contribution in [3.05, 3.63) is 36.8 Å². The summed E-state index contributed by atoms with van der Waals surface area (Å²) < 4.78 is 0. The van der Waals surface area contributed by atoms with Crippen LogP contribution >= 0.6 is 0 Å². The first kappa shape index (κ1) is 7.67. The van der Waals surface area contributed by atoms with E-state index in [4.69, 9.17) is 0 Å². The summed E-state index contributed by atoms with van der Waals surface area (Å²) in [5.74, 6) is 0.149. The van der Waals surface area contributed by atoms with E-state index in [2.05, 4.69) is 15.2 Å². The zero-order valence-corrected chi connectivity index (χ0v) is 6.75. The molecule has 4 heteroatoms. The highest BCUT2D eigenvalue weighted by Crippen LogP contribution is 2.24. The Morgan fingerprint density at radius 3 is 2.69 bits per heavy atom. The lowest BCUT2D eigenvalue weighted by Crippen LogP contribution is -1.85. The predicted octanol–water partition coefficient (Wildman–Crippen LogP) is 1.24. The number of hydrogen-bond donors (Lipinski definition) is 1. The van der Waals surface area contributed by atoms with Crippen LogP contribution in [0, 0.1) is 0 Å². The quantitative estimate of drug-likeness (QED) is 0.704. The van der Waals surface area contributed by atoms with Gasteiger partial charge < -0.3 is 5.11 Å². The van der Waals surface area contributed by atoms with Crippen molar-refractivity contribution < 1.29 is 5.11 Å². The molecule has 4 nitrogen and oxygen atoms in total. The molecule has 0 atom stereocenters. The monoisotopic (exact) mass is 173 g/mol. The molecule has 64 valence electrons. The largest absolute Gasteiger partial charge is 0.506 e. The maximum Gasteiger partial charge on any atom is 0.141 e. The summed E-state index contributed by atoms with van der Waals surface area (Å²) in [5.41, 5.74) is 1.28. The van der Waals surface area contributed by atoms with E-state index in [9.17, 15) is 5.11 Å². The van der Waals surface area contributed by atoms with E-state index < -0.39 is 0 Å². The fourth-order valence-electron chi connectivity index (χ4n) is 1.05. The van der Waals surface area contributed by atoms with Gasteiger partial charge in [-0.1, -0.05) is 0 Å². The number of rotatable bonds is 1. The van der Waals surface area contributed by atoms with E-state index in [0.29, 0.717) is 5.69 Å². The predicted molar refractivity (Wildman–Crippen MR) is 46.9 cm³/mol. The zero-order chi connectivity index (χ0) is 9.10. The van der Waals surface area contributed by atoms with Crippen LogP contribution in [0.3, 0.4) is 0 Å². The minimum Gasteiger partial charge on any atom is -0.506 e. The Balaban J connectivity index is 2.54. The van der Waals surface area contributed by atoms with Crippen LogP contribution in [-0.2, 0) is 0 Å². The molecule has 0 aliphatic heterocycles. The number of aromatic hydroxyl groups is 1. The first-order chi connectivity index (χ1) is 6.38. The lowest BCUT2D eigenvalue weighted by molar-refractivity contribution is 0.475. The Morgan fingerprint density at radius 2 is 2.00 bits per heavy atom. The van der Waals surface area contributed by atoms with Gasteiger partial charge in [0.15, 0.2) is 0 Å². The van der Waals surface area contributed by atoms with E-state index in [-0.39, 0.29) is 5.75 Å². The molecule has 0 amide bonds. The molecule has 0 fully saturated rings. The maximum atomic E-state index is 9.45. The van der Waals surface area contributed by atoms with Crippen molar-refractivity contribution in [3.8, 4) is 17.0 Å². The van der Waals surface area contributed by atoms with Crippen molar-refractivity contribution >= 4 is 0 Å². The molecule has 0 spiro atoms. The molecular weight excluding hydrogens is 166 g/mol. The Labute approximate surface area is 74.9 Å². The Bertz CT molecular complexity index is 403. The molecule has 0 saturated heterocycles. The molecule has 2 heterocycles. The second kappa shape index (κ2) is 3.18. The number of hydrogen-bond acceptors (Lipinski definition) is 4. The van der Waals surface area contributed by atoms with Crippen molar-refractivity contribution in [2.45, 2.75) is 0 Å². The summed E-state index contributed by atoms with van der Waals surface area (Å²) in [6.07, 6.45) is 4.74. The van der Waals surface area contributed by atoms with Gasteiger partial charge in [0.1, 0.15) is 11.4 Å². The van der Waals surface area contributed by atoms with Crippen molar-refractivity contribution in [1.82, 2.24) is 15.2 Å². The highest BCUT2D eigenvalue weighted by atomic mass is 16.3. The van der Waals surface area contributed by atoms with Crippen molar-refractivity contribution in [3.63, 3.8) is 0 Å².